The van der Waals surface area contributed by atoms with Crippen LogP contribution in [0.25, 0.3) is 0 Å². The number of nitrogens with zero attached hydrogens (tertiary/aromatic N) is 3. The van der Waals surface area contributed by atoms with Crippen LogP contribution in [0.4, 0.5) is 27.9 Å². The van der Waals surface area contributed by atoms with Crippen molar-refractivity contribution in [2.24, 2.45) is 0 Å². The highest BCUT2D eigenvalue weighted by atomic mass is 19.1. The third-order valence-corrected chi connectivity index (χ3v) is 2.62. The third-order valence-electron chi connectivity index (χ3n) is 2.62. The molecular weight excluding hydrogens is 283 g/mol. The summed E-state index contributed by atoms with van der Waals surface area (Å²) >= 11 is 0. The highest BCUT2D eigenvalue weighted by molar-refractivity contribution is 5.55. The van der Waals surface area contributed by atoms with Gasteiger partial charge in [-0.05, 0) is 30.7 Å². The Morgan fingerprint density at radius 2 is 1.68 bits per heavy atom. The Labute approximate surface area is 128 Å². The van der Waals surface area contributed by atoms with Gasteiger partial charge in [0.25, 0.3) is 0 Å². The minimum Gasteiger partial charge on any atom is -0.354 e. The van der Waals surface area contributed by atoms with Gasteiger partial charge in [0.05, 0.1) is 6.54 Å². The van der Waals surface area contributed by atoms with Crippen LogP contribution in [0.1, 0.15) is 13.3 Å². The van der Waals surface area contributed by atoms with Crippen LogP contribution in [0.5, 0.6) is 0 Å². The summed E-state index contributed by atoms with van der Waals surface area (Å²) in [5.74, 6) is 3.32. The van der Waals surface area contributed by atoms with Gasteiger partial charge in [0.1, 0.15) is 5.82 Å². The molecule has 0 saturated heterocycles. The van der Waals surface area contributed by atoms with E-state index in [2.05, 4.69) is 36.8 Å². The molecule has 0 aliphatic heterocycles. The maximum Gasteiger partial charge on any atom is 0.233 e. The molecule has 0 unspecified atom stereocenters. The highest BCUT2D eigenvalue weighted by Gasteiger charge is 2.06. The van der Waals surface area contributed by atoms with Crippen molar-refractivity contribution in [2.75, 3.05) is 29.0 Å². The first-order valence-corrected chi connectivity index (χ1v) is 6.91. The van der Waals surface area contributed by atoms with Crippen molar-refractivity contribution < 1.29 is 4.39 Å². The number of anilines is 4. The summed E-state index contributed by atoms with van der Waals surface area (Å²) in [6.45, 7) is 3.10. The summed E-state index contributed by atoms with van der Waals surface area (Å²) in [6.07, 6.45) is 6.16. The zero-order chi connectivity index (χ0) is 15.8. The number of terminal acetylenes is 1. The van der Waals surface area contributed by atoms with E-state index in [4.69, 9.17) is 6.42 Å². The maximum atomic E-state index is 12.9. The molecule has 0 bridgehead atoms. The highest BCUT2D eigenvalue weighted by Crippen LogP contribution is 2.16. The Morgan fingerprint density at radius 3 is 2.32 bits per heavy atom. The molecule has 1 aromatic carbocycles. The molecule has 2 aromatic rings. The lowest BCUT2D eigenvalue weighted by Crippen LogP contribution is -2.11. The van der Waals surface area contributed by atoms with E-state index < -0.39 is 0 Å². The first-order valence-electron chi connectivity index (χ1n) is 6.91. The first kappa shape index (κ1) is 15.5. The first-order chi connectivity index (χ1) is 10.7. The van der Waals surface area contributed by atoms with Crippen LogP contribution in [-0.4, -0.2) is 28.0 Å². The van der Waals surface area contributed by atoms with Crippen molar-refractivity contribution in [1.82, 2.24) is 15.0 Å². The second-order valence-corrected chi connectivity index (χ2v) is 4.42. The summed E-state index contributed by atoms with van der Waals surface area (Å²) in [7, 11) is 0. The fourth-order valence-corrected chi connectivity index (χ4v) is 1.62. The van der Waals surface area contributed by atoms with Gasteiger partial charge in [-0.1, -0.05) is 12.8 Å². The van der Waals surface area contributed by atoms with E-state index in [1.807, 2.05) is 6.92 Å². The van der Waals surface area contributed by atoms with E-state index in [0.717, 1.165) is 13.0 Å². The minimum atomic E-state index is -0.303. The van der Waals surface area contributed by atoms with Gasteiger partial charge in [-0.3, -0.25) is 0 Å². The molecule has 0 aliphatic rings. The molecule has 0 fully saturated rings. The molecular formula is C15H17FN6. The van der Waals surface area contributed by atoms with Crippen LogP contribution in [0.15, 0.2) is 24.3 Å². The normalized spacial score (nSPS) is 9.86. The van der Waals surface area contributed by atoms with E-state index in [0.29, 0.717) is 30.1 Å². The predicted octanol–water partition coefficient (Wildman–Crippen LogP) is 2.62. The molecule has 0 spiro atoms. The van der Waals surface area contributed by atoms with Gasteiger partial charge in [-0.2, -0.15) is 15.0 Å². The van der Waals surface area contributed by atoms with Crippen molar-refractivity contribution >= 4 is 23.5 Å². The van der Waals surface area contributed by atoms with E-state index >= 15 is 0 Å². The van der Waals surface area contributed by atoms with Gasteiger partial charge in [0.2, 0.25) is 17.8 Å². The average molecular weight is 300 g/mol. The quantitative estimate of drug-likeness (QED) is 0.683. The topological polar surface area (TPSA) is 74.8 Å². The number of hydrogen-bond acceptors (Lipinski definition) is 6. The summed E-state index contributed by atoms with van der Waals surface area (Å²) in [5, 5.41) is 9.00. The average Bonchev–Trinajstić information content (AvgIpc) is 2.53. The van der Waals surface area contributed by atoms with Crippen LogP contribution >= 0.6 is 0 Å². The van der Waals surface area contributed by atoms with Gasteiger partial charge in [0.15, 0.2) is 0 Å². The lowest BCUT2D eigenvalue weighted by atomic mass is 10.3. The summed E-state index contributed by atoms with van der Waals surface area (Å²) < 4.78 is 12.9. The number of hydrogen-bond donors (Lipinski definition) is 3. The lowest BCUT2D eigenvalue weighted by Gasteiger charge is -2.10. The summed E-state index contributed by atoms with van der Waals surface area (Å²) in [4.78, 5) is 12.7. The maximum absolute atomic E-state index is 12.9. The Kier molecular flexibility index (Phi) is 5.49. The molecule has 7 heteroatoms. The molecule has 22 heavy (non-hydrogen) atoms. The molecule has 1 heterocycles. The largest absolute Gasteiger partial charge is 0.354 e. The number of nitrogens with one attached hydrogen (secondary N) is 3. The van der Waals surface area contributed by atoms with Crippen molar-refractivity contribution in [3.05, 3.63) is 30.1 Å². The Hall–Kier alpha value is -2.88. The van der Waals surface area contributed by atoms with Crippen molar-refractivity contribution in [3.63, 3.8) is 0 Å². The van der Waals surface area contributed by atoms with Crippen LogP contribution in [0.3, 0.4) is 0 Å². The Morgan fingerprint density at radius 1 is 1.05 bits per heavy atom. The SMILES string of the molecule is C#CCNc1nc(NCCC)nc(Nc2ccc(F)cc2)n1. The Balaban J connectivity index is 2.20. The number of halogens is 1. The molecule has 6 nitrogen and oxygen atoms in total. The van der Waals surface area contributed by atoms with E-state index in [1.54, 1.807) is 12.1 Å². The fourth-order valence-electron chi connectivity index (χ4n) is 1.62. The van der Waals surface area contributed by atoms with Crippen LogP contribution < -0.4 is 16.0 Å². The zero-order valence-electron chi connectivity index (χ0n) is 12.2. The molecule has 0 saturated carbocycles. The summed E-state index contributed by atoms with van der Waals surface area (Å²) in [6, 6.07) is 5.92. The second-order valence-electron chi connectivity index (χ2n) is 4.42. The van der Waals surface area contributed by atoms with Gasteiger partial charge in [0, 0.05) is 12.2 Å². The molecule has 2 rings (SSSR count). The van der Waals surface area contributed by atoms with Crippen LogP contribution in [0.2, 0.25) is 0 Å². The summed E-state index contributed by atoms with van der Waals surface area (Å²) in [5.41, 5.74) is 0.678. The van der Waals surface area contributed by atoms with Gasteiger partial charge < -0.3 is 16.0 Å². The standard InChI is InChI=1S/C15H17FN6/c1-3-9-17-13-20-14(18-10-4-2)22-15(21-13)19-12-7-5-11(16)6-8-12/h1,5-8H,4,9-10H2,2H3,(H3,17,18,19,20,21,22). The molecule has 0 amide bonds. The van der Waals surface area contributed by atoms with Gasteiger partial charge in [-0.25, -0.2) is 4.39 Å². The number of aromatic nitrogens is 3. The monoisotopic (exact) mass is 300 g/mol. The number of rotatable bonds is 7. The lowest BCUT2D eigenvalue weighted by molar-refractivity contribution is 0.628. The van der Waals surface area contributed by atoms with Crippen molar-refractivity contribution in [3.8, 4) is 12.3 Å². The van der Waals surface area contributed by atoms with Crippen LogP contribution in [-0.2, 0) is 0 Å². The molecule has 1 aromatic heterocycles. The van der Waals surface area contributed by atoms with Crippen molar-refractivity contribution in [2.45, 2.75) is 13.3 Å². The smallest absolute Gasteiger partial charge is 0.233 e. The number of benzene rings is 1. The fraction of sp³-hybridized carbons (Fsp3) is 0.267. The van der Waals surface area contributed by atoms with Gasteiger partial charge in [-0.15, -0.1) is 6.42 Å². The third kappa shape index (κ3) is 4.59. The van der Waals surface area contributed by atoms with Crippen molar-refractivity contribution in [1.29, 1.82) is 0 Å². The van der Waals surface area contributed by atoms with Crippen LogP contribution in [0, 0.1) is 18.2 Å². The van der Waals surface area contributed by atoms with E-state index in [1.165, 1.54) is 12.1 Å². The molecule has 3 N–H and O–H groups in total. The predicted molar refractivity (Wildman–Crippen MR) is 85.6 cm³/mol. The molecule has 0 atom stereocenters. The van der Waals surface area contributed by atoms with E-state index in [9.17, 15) is 4.39 Å². The van der Waals surface area contributed by atoms with E-state index in [-0.39, 0.29) is 5.82 Å². The second kappa shape index (κ2) is 7.78. The molecule has 0 radical (unpaired) electrons. The Bertz CT molecular complexity index is 650. The molecule has 114 valence electrons. The zero-order valence-corrected chi connectivity index (χ0v) is 12.2. The molecule has 0 aliphatic carbocycles. The van der Waals surface area contributed by atoms with Gasteiger partial charge >= 0.3 is 0 Å². The minimum absolute atomic E-state index is 0.303.